The minimum atomic E-state index is 0.475. The van der Waals surface area contributed by atoms with Crippen molar-refractivity contribution in [2.24, 2.45) is 0 Å². The molecule has 0 amide bonds. The van der Waals surface area contributed by atoms with Crippen molar-refractivity contribution in [3.05, 3.63) is 34.9 Å². The molecule has 3 heteroatoms. The average molecular weight is 294 g/mol. The molecule has 1 atom stereocenters. The Bertz CT molecular complexity index is 514. The molecule has 3 rings (SSSR count). The van der Waals surface area contributed by atoms with Crippen molar-refractivity contribution in [1.82, 2.24) is 4.57 Å². The van der Waals surface area contributed by atoms with Crippen LogP contribution >= 0.6 is 15.9 Å². The van der Waals surface area contributed by atoms with Crippen molar-refractivity contribution in [1.29, 1.82) is 0 Å². The molecular weight excluding hydrogens is 278 g/mol. The Hall–Kier alpha value is -0.800. The lowest BCUT2D eigenvalue weighted by molar-refractivity contribution is 0.101. The van der Waals surface area contributed by atoms with Crippen LogP contribution in [0.4, 0.5) is 0 Å². The minimum absolute atomic E-state index is 0.475. The monoisotopic (exact) mass is 293 g/mol. The number of hydrogen-bond donors (Lipinski definition) is 0. The summed E-state index contributed by atoms with van der Waals surface area (Å²) < 4.78 is 9.13. The number of fused-ring (bicyclic) bond motifs is 1. The number of halogens is 1. The van der Waals surface area contributed by atoms with Gasteiger partial charge in [-0.15, -0.1) is 0 Å². The van der Waals surface area contributed by atoms with Crippen LogP contribution in [0.2, 0.25) is 0 Å². The summed E-state index contributed by atoms with van der Waals surface area (Å²) in [6.07, 6.45) is 6.23. The zero-order chi connectivity index (χ0) is 11.7. The quantitative estimate of drug-likeness (QED) is 0.835. The number of aromatic nitrogens is 1. The second-order valence-corrected chi connectivity index (χ2v) is 5.55. The highest BCUT2D eigenvalue weighted by Crippen LogP contribution is 2.22. The van der Waals surface area contributed by atoms with Crippen LogP contribution < -0.4 is 0 Å². The molecule has 1 unspecified atom stereocenters. The molecule has 0 N–H and O–H groups in total. The van der Waals surface area contributed by atoms with Crippen LogP contribution in [0.3, 0.4) is 0 Å². The standard InChI is InChI=1S/C14H16BrNO/c15-12-3-4-14-11(10-12)5-7-16(14)8-6-13-2-1-9-17-13/h3-5,7,10,13H,1-2,6,8-9H2. The van der Waals surface area contributed by atoms with E-state index in [0.29, 0.717) is 6.10 Å². The van der Waals surface area contributed by atoms with Crippen molar-refractivity contribution in [3.8, 4) is 0 Å². The number of ether oxygens (including phenoxy) is 1. The highest BCUT2D eigenvalue weighted by molar-refractivity contribution is 9.10. The van der Waals surface area contributed by atoms with Gasteiger partial charge in [0.1, 0.15) is 0 Å². The topological polar surface area (TPSA) is 14.2 Å². The van der Waals surface area contributed by atoms with Crippen LogP contribution in [-0.4, -0.2) is 17.3 Å². The maximum absolute atomic E-state index is 5.66. The van der Waals surface area contributed by atoms with E-state index >= 15 is 0 Å². The number of nitrogens with zero attached hydrogens (tertiary/aromatic N) is 1. The van der Waals surface area contributed by atoms with E-state index in [1.54, 1.807) is 0 Å². The first-order valence-corrected chi connectivity index (χ1v) is 6.98. The van der Waals surface area contributed by atoms with Crippen LogP contribution in [-0.2, 0) is 11.3 Å². The third kappa shape index (κ3) is 2.40. The molecule has 1 fully saturated rings. The lowest BCUT2D eigenvalue weighted by Crippen LogP contribution is -2.09. The Kier molecular flexibility index (Phi) is 3.21. The Balaban J connectivity index is 1.76. The predicted octanol–water partition coefficient (Wildman–Crippen LogP) is 3.97. The van der Waals surface area contributed by atoms with Gasteiger partial charge in [-0.3, -0.25) is 0 Å². The molecule has 1 aromatic heterocycles. The van der Waals surface area contributed by atoms with E-state index in [4.69, 9.17) is 4.74 Å². The van der Waals surface area contributed by atoms with Gasteiger partial charge in [0.25, 0.3) is 0 Å². The summed E-state index contributed by atoms with van der Waals surface area (Å²) >= 11 is 3.51. The fraction of sp³-hybridized carbons (Fsp3) is 0.429. The van der Waals surface area contributed by atoms with Crippen LogP contribution in [0.25, 0.3) is 10.9 Å². The SMILES string of the molecule is Brc1ccc2c(ccn2CCC2CCCO2)c1. The van der Waals surface area contributed by atoms with Crippen molar-refractivity contribution in [3.63, 3.8) is 0 Å². The van der Waals surface area contributed by atoms with E-state index in [2.05, 4.69) is 51.0 Å². The van der Waals surface area contributed by atoms with E-state index in [1.807, 2.05) is 0 Å². The van der Waals surface area contributed by atoms with Gasteiger partial charge in [0.05, 0.1) is 6.10 Å². The maximum atomic E-state index is 5.66. The summed E-state index contributed by atoms with van der Waals surface area (Å²) in [7, 11) is 0. The second-order valence-electron chi connectivity index (χ2n) is 4.64. The molecule has 0 radical (unpaired) electrons. The molecule has 17 heavy (non-hydrogen) atoms. The van der Waals surface area contributed by atoms with Crippen molar-refractivity contribution in [2.75, 3.05) is 6.61 Å². The molecular formula is C14H16BrNO. The van der Waals surface area contributed by atoms with Gasteiger partial charge >= 0.3 is 0 Å². The van der Waals surface area contributed by atoms with E-state index in [0.717, 1.165) is 24.0 Å². The summed E-state index contributed by atoms with van der Waals surface area (Å²) in [4.78, 5) is 0. The molecule has 1 aromatic carbocycles. The van der Waals surface area contributed by atoms with Gasteiger partial charge in [-0.2, -0.15) is 0 Å². The zero-order valence-electron chi connectivity index (χ0n) is 9.73. The van der Waals surface area contributed by atoms with E-state index < -0.39 is 0 Å². The van der Waals surface area contributed by atoms with Gasteiger partial charge in [-0.25, -0.2) is 0 Å². The van der Waals surface area contributed by atoms with Crippen molar-refractivity contribution in [2.45, 2.75) is 31.9 Å². The molecule has 1 aliphatic rings. The predicted molar refractivity (Wildman–Crippen MR) is 73.2 cm³/mol. The average Bonchev–Trinajstić information content (AvgIpc) is 2.94. The van der Waals surface area contributed by atoms with Gasteiger partial charge < -0.3 is 9.30 Å². The van der Waals surface area contributed by atoms with E-state index in [-0.39, 0.29) is 0 Å². The number of benzene rings is 1. The summed E-state index contributed by atoms with van der Waals surface area (Å²) in [5.74, 6) is 0. The highest BCUT2D eigenvalue weighted by Gasteiger charge is 2.15. The minimum Gasteiger partial charge on any atom is -0.378 e. The molecule has 1 saturated heterocycles. The van der Waals surface area contributed by atoms with Crippen LogP contribution in [0, 0.1) is 0 Å². The Morgan fingerprint density at radius 3 is 3.12 bits per heavy atom. The largest absolute Gasteiger partial charge is 0.378 e. The Labute approximate surface area is 110 Å². The molecule has 0 spiro atoms. The lowest BCUT2D eigenvalue weighted by atomic mass is 10.2. The first-order valence-electron chi connectivity index (χ1n) is 6.19. The van der Waals surface area contributed by atoms with Gasteiger partial charge in [-0.05, 0) is 43.5 Å². The summed E-state index contributed by atoms with van der Waals surface area (Å²) in [6, 6.07) is 8.62. The molecule has 2 aromatic rings. The summed E-state index contributed by atoms with van der Waals surface area (Å²) in [5.41, 5.74) is 1.31. The number of rotatable bonds is 3. The molecule has 2 nitrogen and oxygen atoms in total. The summed E-state index contributed by atoms with van der Waals surface area (Å²) in [6.45, 7) is 2.00. The first-order chi connectivity index (χ1) is 8.33. The van der Waals surface area contributed by atoms with Gasteiger partial charge in [-0.1, -0.05) is 15.9 Å². The third-order valence-corrected chi connectivity index (χ3v) is 3.94. The van der Waals surface area contributed by atoms with Gasteiger partial charge in [0.2, 0.25) is 0 Å². The fourth-order valence-corrected chi connectivity index (χ4v) is 2.90. The fourth-order valence-electron chi connectivity index (χ4n) is 2.52. The lowest BCUT2D eigenvalue weighted by Gasteiger charge is -2.10. The molecule has 90 valence electrons. The number of hydrogen-bond acceptors (Lipinski definition) is 1. The van der Waals surface area contributed by atoms with Crippen molar-refractivity contribution >= 4 is 26.8 Å². The second kappa shape index (κ2) is 4.83. The zero-order valence-corrected chi connectivity index (χ0v) is 11.3. The Morgan fingerprint density at radius 2 is 2.29 bits per heavy atom. The molecule has 0 bridgehead atoms. The van der Waals surface area contributed by atoms with Crippen LogP contribution in [0.15, 0.2) is 34.9 Å². The van der Waals surface area contributed by atoms with E-state index in [1.165, 1.54) is 23.7 Å². The third-order valence-electron chi connectivity index (χ3n) is 3.45. The van der Waals surface area contributed by atoms with Crippen LogP contribution in [0.5, 0.6) is 0 Å². The Morgan fingerprint density at radius 1 is 1.35 bits per heavy atom. The maximum Gasteiger partial charge on any atom is 0.0593 e. The normalized spacial score (nSPS) is 20.2. The van der Waals surface area contributed by atoms with E-state index in [9.17, 15) is 0 Å². The molecule has 0 aliphatic carbocycles. The number of aryl methyl sites for hydroxylation is 1. The highest BCUT2D eigenvalue weighted by atomic mass is 79.9. The molecule has 0 saturated carbocycles. The van der Waals surface area contributed by atoms with Gasteiger partial charge in [0, 0.05) is 34.7 Å². The molecule has 1 aliphatic heterocycles. The van der Waals surface area contributed by atoms with Crippen molar-refractivity contribution < 1.29 is 4.74 Å². The first kappa shape index (κ1) is 11.3. The smallest absolute Gasteiger partial charge is 0.0593 e. The van der Waals surface area contributed by atoms with Gasteiger partial charge in [0.15, 0.2) is 0 Å². The van der Waals surface area contributed by atoms with Crippen LogP contribution in [0.1, 0.15) is 19.3 Å². The summed E-state index contributed by atoms with van der Waals surface area (Å²) in [5, 5.41) is 1.30. The molecule has 2 heterocycles.